The third kappa shape index (κ3) is 3.20. The summed E-state index contributed by atoms with van der Waals surface area (Å²) in [5, 5.41) is 2.54. The lowest BCUT2D eigenvalue weighted by Crippen LogP contribution is -2.12. The van der Waals surface area contributed by atoms with Gasteiger partial charge in [-0.25, -0.2) is 0 Å². The summed E-state index contributed by atoms with van der Waals surface area (Å²) in [4.78, 5) is 6.91. The lowest BCUT2D eigenvalue weighted by molar-refractivity contribution is 0.323. The number of aromatic nitrogens is 2. The van der Waals surface area contributed by atoms with Crippen LogP contribution >= 0.6 is 0 Å². The molecule has 0 amide bonds. The first-order valence-corrected chi connectivity index (χ1v) is 10.4. The maximum absolute atomic E-state index is 5.82. The number of fused-ring (bicyclic) bond motifs is 2. The molecule has 0 saturated carbocycles. The number of para-hydroxylation sites is 2. The van der Waals surface area contributed by atoms with Gasteiger partial charge in [0, 0.05) is 35.1 Å². The standard InChI is InChI=1S/C26H28N2O/c1-25(2,13-11-17-7-5-8-18-12-14-27-23(17)18)21-16-28-24-19(9-6-10-20(21)24)15-22-26(3,4)29-22/h5-14,16,22,27-28H,15H2,1-4H3. The molecule has 29 heavy (non-hydrogen) atoms. The van der Waals surface area contributed by atoms with Gasteiger partial charge in [0.2, 0.25) is 0 Å². The lowest BCUT2D eigenvalue weighted by Gasteiger charge is -2.20. The van der Waals surface area contributed by atoms with Crippen molar-refractivity contribution in [1.82, 2.24) is 9.97 Å². The second-order valence-electron chi connectivity index (χ2n) is 9.30. The van der Waals surface area contributed by atoms with Crippen molar-refractivity contribution in [3.8, 4) is 0 Å². The van der Waals surface area contributed by atoms with Crippen molar-refractivity contribution in [3.05, 3.63) is 77.6 Å². The predicted octanol–water partition coefficient (Wildman–Crippen LogP) is 6.36. The second-order valence-corrected chi connectivity index (χ2v) is 9.30. The molecule has 1 fully saturated rings. The topological polar surface area (TPSA) is 44.1 Å². The van der Waals surface area contributed by atoms with Gasteiger partial charge < -0.3 is 14.7 Å². The van der Waals surface area contributed by atoms with Crippen molar-refractivity contribution in [3.63, 3.8) is 0 Å². The van der Waals surface area contributed by atoms with E-state index in [0.29, 0.717) is 6.10 Å². The van der Waals surface area contributed by atoms with Crippen LogP contribution < -0.4 is 0 Å². The molecule has 5 rings (SSSR count). The van der Waals surface area contributed by atoms with E-state index in [9.17, 15) is 0 Å². The maximum Gasteiger partial charge on any atom is 0.0908 e. The molecular weight excluding hydrogens is 356 g/mol. The fourth-order valence-corrected chi connectivity index (χ4v) is 4.38. The Kier molecular flexibility index (Phi) is 4.01. The molecule has 1 aliphatic rings. The highest BCUT2D eigenvalue weighted by Crippen LogP contribution is 2.40. The molecule has 2 N–H and O–H groups in total. The fourth-order valence-electron chi connectivity index (χ4n) is 4.38. The summed E-state index contributed by atoms with van der Waals surface area (Å²) in [5.74, 6) is 0. The van der Waals surface area contributed by atoms with E-state index in [-0.39, 0.29) is 11.0 Å². The summed E-state index contributed by atoms with van der Waals surface area (Å²) < 4.78 is 5.82. The Labute approximate surface area is 171 Å². The van der Waals surface area contributed by atoms with Gasteiger partial charge in [0.15, 0.2) is 0 Å². The van der Waals surface area contributed by atoms with Crippen LogP contribution in [0.1, 0.15) is 44.4 Å². The highest BCUT2D eigenvalue weighted by Gasteiger charge is 2.47. The van der Waals surface area contributed by atoms with Gasteiger partial charge in [0.25, 0.3) is 0 Å². The van der Waals surface area contributed by atoms with Crippen molar-refractivity contribution in [2.75, 3.05) is 0 Å². The maximum atomic E-state index is 5.82. The normalized spacial score (nSPS) is 18.8. The van der Waals surface area contributed by atoms with Crippen LogP contribution in [0.4, 0.5) is 0 Å². The fraction of sp³-hybridized carbons (Fsp3) is 0.308. The molecule has 3 heteroatoms. The molecule has 148 valence electrons. The van der Waals surface area contributed by atoms with Gasteiger partial charge in [0.05, 0.1) is 17.2 Å². The van der Waals surface area contributed by atoms with E-state index in [1.165, 1.54) is 38.5 Å². The molecule has 0 aliphatic carbocycles. The third-order valence-electron chi connectivity index (χ3n) is 6.36. The number of aromatic amines is 2. The zero-order chi connectivity index (χ0) is 20.2. The average Bonchev–Trinajstić information content (AvgIpc) is 3.11. The Hall–Kier alpha value is -2.78. The average molecular weight is 385 g/mol. The van der Waals surface area contributed by atoms with E-state index in [1.54, 1.807) is 0 Å². The first kappa shape index (κ1) is 18.3. The van der Waals surface area contributed by atoms with Crippen LogP contribution in [-0.2, 0) is 16.6 Å². The molecule has 1 unspecified atom stereocenters. The van der Waals surface area contributed by atoms with Gasteiger partial charge in [-0.1, -0.05) is 62.4 Å². The summed E-state index contributed by atoms with van der Waals surface area (Å²) in [5.41, 5.74) is 6.21. The number of rotatable bonds is 5. The van der Waals surface area contributed by atoms with E-state index in [1.807, 2.05) is 6.20 Å². The van der Waals surface area contributed by atoms with Gasteiger partial charge in [0.1, 0.15) is 0 Å². The summed E-state index contributed by atoms with van der Waals surface area (Å²) in [7, 11) is 0. The van der Waals surface area contributed by atoms with E-state index in [4.69, 9.17) is 4.74 Å². The number of hydrogen-bond donors (Lipinski definition) is 2. The van der Waals surface area contributed by atoms with Gasteiger partial charge in [-0.3, -0.25) is 0 Å². The Balaban J connectivity index is 1.48. The molecule has 3 nitrogen and oxygen atoms in total. The molecule has 4 aromatic rings. The number of ether oxygens (including phenoxy) is 1. The molecule has 2 aromatic carbocycles. The number of H-pyrrole nitrogens is 2. The molecule has 1 aliphatic heterocycles. The molecule has 1 atom stereocenters. The number of epoxide rings is 1. The number of nitrogens with one attached hydrogen (secondary N) is 2. The van der Waals surface area contributed by atoms with Crippen LogP contribution in [-0.4, -0.2) is 21.7 Å². The smallest absolute Gasteiger partial charge is 0.0908 e. The highest BCUT2D eigenvalue weighted by atomic mass is 16.6. The largest absolute Gasteiger partial charge is 0.366 e. The molecule has 0 radical (unpaired) electrons. The summed E-state index contributed by atoms with van der Waals surface area (Å²) >= 11 is 0. The molecule has 0 spiro atoms. The Morgan fingerprint density at radius 2 is 1.83 bits per heavy atom. The lowest BCUT2D eigenvalue weighted by atomic mass is 9.83. The zero-order valence-corrected chi connectivity index (χ0v) is 17.5. The third-order valence-corrected chi connectivity index (χ3v) is 6.36. The minimum Gasteiger partial charge on any atom is -0.366 e. The molecule has 0 bridgehead atoms. The quantitative estimate of drug-likeness (QED) is 0.386. The molecule has 1 saturated heterocycles. The Morgan fingerprint density at radius 3 is 2.62 bits per heavy atom. The van der Waals surface area contributed by atoms with Crippen molar-refractivity contribution in [2.45, 2.75) is 51.2 Å². The Morgan fingerprint density at radius 1 is 1.03 bits per heavy atom. The van der Waals surface area contributed by atoms with Gasteiger partial charge in [-0.2, -0.15) is 0 Å². The molecule has 2 aromatic heterocycles. The van der Waals surface area contributed by atoms with E-state index < -0.39 is 0 Å². The van der Waals surface area contributed by atoms with Crippen LogP contribution in [0, 0.1) is 0 Å². The second kappa shape index (κ2) is 6.36. The van der Waals surface area contributed by atoms with Crippen molar-refractivity contribution in [1.29, 1.82) is 0 Å². The van der Waals surface area contributed by atoms with E-state index in [2.05, 4.69) is 98.5 Å². The van der Waals surface area contributed by atoms with Gasteiger partial charge in [-0.05, 0) is 42.0 Å². The van der Waals surface area contributed by atoms with Gasteiger partial charge >= 0.3 is 0 Å². The Bertz CT molecular complexity index is 1220. The van der Waals surface area contributed by atoms with E-state index >= 15 is 0 Å². The zero-order valence-electron chi connectivity index (χ0n) is 17.5. The van der Waals surface area contributed by atoms with Gasteiger partial charge in [-0.15, -0.1) is 0 Å². The molecule has 3 heterocycles. The SMILES string of the molecule is CC(C)(C=Cc1cccc2cc[nH]c12)c1c[nH]c2c(CC3OC3(C)C)cccc12. The van der Waals surface area contributed by atoms with Crippen molar-refractivity contribution in [2.24, 2.45) is 0 Å². The first-order valence-electron chi connectivity index (χ1n) is 10.4. The highest BCUT2D eigenvalue weighted by molar-refractivity contribution is 5.89. The van der Waals surface area contributed by atoms with Crippen LogP contribution in [0.15, 0.2) is 60.9 Å². The molecular formula is C26H28N2O. The number of benzene rings is 2. The van der Waals surface area contributed by atoms with Crippen LogP contribution in [0.5, 0.6) is 0 Å². The summed E-state index contributed by atoms with van der Waals surface area (Å²) in [6, 6.07) is 15.1. The number of hydrogen-bond acceptors (Lipinski definition) is 1. The number of allylic oxidation sites excluding steroid dienone is 1. The van der Waals surface area contributed by atoms with Crippen molar-refractivity contribution < 1.29 is 4.74 Å². The summed E-state index contributed by atoms with van der Waals surface area (Å²) in [6.45, 7) is 8.88. The summed E-state index contributed by atoms with van der Waals surface area (Å²) in [6.07, 6.45) is 9.99. The van der Waals surface area contributed by atoms with Crippen LogP contribution in [0.3, 0.4) is 0 Å². The minimum atomic E-state index is -0.0962. The monoisotopic (exact) mass is 384 g/mol. The van der Waals surface area contributed by atoms with Crippen molar-refractivity contribution >= 4 is 27.9 Å². The van der Waals surface area contributed by atoms with Crippen LogP contribution in [0.25, 0.3) is 27.9 Å². The van der Waals surface area contributed by atoms with Crippen LogP contribution in [0.2, 0.25) is 0 Å². The first-order chi connectivity index (χ1) is 13.9. The predicted molar refractivity (Wildman–Crippen MR) is 121 cm³/mol. The van der Waals surface area contributed by atoms with E-state index in [0.717, 1.165) is 6.42 Å². The minimum absolute atomic E-state index is 0.0123.